The third-order valence-corrected chi connectivity index (χ3v) is 5.22. The number of anilines is 2. The molecule has 2 aliphatic rings. The summed E-state index contributed by atoms with van der Waals surface area (Å²) in [5.74, 6) is 0.150. The van der Waals surface area contributed by atoms with Crippen molar-refractivity contribution in [3.8, 4) is 0 Å². The fraction of sp³-hybridized carbons (Fsp3) is 0.579. The van der Waals surface area contributed by atoms with Crippen LogP contribution in [0.4, 0.5) is 11.4 Å². The molecule has 1 aromatic rings. The minimum Gasteiger partial charge on any atom is -0.385 e. The lowest BCUT2D eigenvalue weighted by Crippen LogP contribution is -2.48. The molecule has 26 heavy (non-hydrogen) atoms. The van der Waals surface area contributed by atoms with E-state index in [0.717, 1.165) is 38.3 Å². The van der Waals surface area contributed by atoms with Gasteiger partial charge in [0, 0.05) is 76.7 Å². The number of carbonyl (C=O) groups is 2. The second kappa shape index (κ2) is 8.89. The van der Waals surface area contributed by atoms with Gasteiger partial charge in [0.2, 0.25) is 12.3 Å². The molecule has 0 aromatic heterocycles. The molecule has 0 aliphatic carbocycles. The van der Waals surface area contributed by atoms with Crippen LogP contribution < -0.4 is 10.2 Å². The molecular weight excluding hydrogens is 330 g/mol. The number of hydrogen-bond donors (Lipinski definition) is 1. The minimum atomic E-state index is 0.150. The fourth-order valence-electron chi connectivity index (χ4n) is 3.40. The summed E-state index contributed by atoms with van der Waals surface area (Å²) >= 11 is 0. The van der Waals surface area contributed by atoms with E-state index in [9.17, 15) is 9.59 Å². The Morgan fingerprint density at radius 2 is 1.65 bits per heavy atom. The van der Waals surface area contributed by atoms with Crippen LogP contribution in [-0.4, -0.2) is 93.0 Å². The molecule has 2 saturated heterocycles. The molecule has 0 radical (unpaired) electrons. The number of rotatable bonds is 6. The van der Waals surface area contributed by atoms with Gasteiger partial charge < -0.3 is 24.9 Å². The number of amides is 2. The predicted octanol–water partition coefficient (Wildman–Crippen LogP) is 0.541. The second-order valence-electron chi connectivity index (χ2n) is 7.04. The number of likely N-dealkylation sites (N-methyl/N-ethyl adjacent to an activating group) is 1. The van der Waals surface area contributed by atoms with E-state index < -0.39 is 0 Å². The van der Waals surface area contributed by atoms with Crippen molar-refractivity contribution in [1.29, 1.82) is 0 Å². The third-order valence-electron chi connectivity index (χ3n) is 5.22. The quantitative estimate of drug-likeness (QED) is 0.752. The maximum absolute atomic E-state index is 12.2. The Balaban J connectivity index is 1.39. The molecule has 0 spiro atoms. The zero-order valence-corrected chi connectivity index (χ0v) is 15.6. The van der Waals surface area contributed by atoms with Crippen LogP contribution in [0.3, 0.4) is 0 Å². The molecule has 2 amide bonds. The predicted molar refractivity (Wildman–Crippen MR) is 103 cm³/mol. The van der Waals surface area contributed by atoms with Crippen LogP contribution in [0.25, 0.3) is 0 Å². The highest BCUT2D eigenvalue weighted by molar-refractivity contribution is 5.77. The lowest BCUT2D eigenvalue weighted by atomic mass is 10.2. The molecule has 2 heterocycles. The highest BCUT2D eigenvalue weighted by Crippen LogP contribution is 2.19. The average molecular weight is 359 g/mol. The first kappa shape index (κ1) is 18.5. The zero-order chi connectivity index (χ0) is 18.4. The van der Waals surface area contributed by atoms with E-state index in [2.05, 4.69) is 46.4 Å². The van der Waals surface area contributed by atoms with Gasteiger partial charge >= 0.3 is 0 Å². The molecule has 3 rings (SSSR count). The SMILES string of the molecule is CN1CCN(c2ccc(NCCC(=O)N3CCN(C=O)CC3)cc2)CC1. The van der Waals surface area contributed by atoms with Gasteiger partial charge in [-0.1, -0.05) is 0 Å². The van der Waals surface area contributed by atoms with E-state index in [4.69, 9.17) is 0 Å². The van der Waals surface area contributed by atoms with Crippen LogP contribution in [0.2, 0.25) is 0 Å². The molecule has 0 atom stereocenters. The van der Waals surface area contributed by atoms with E-state index in [-0.39, 0.29) is 5.91 Å². The molecule has 2 aliphatic heterocycles. The Bertz CT molecular complexity index is 590. The lowest BCUT2D eigenvalue weighted by Gasteiger charge is -2.34. The zero-order valence-electron chi connectivity index (χ0n) is 15.6. The summed E-state index contributed by atoms with van der Waals surface area (Å²) in [5, 5.41) is 3.33. The number of nitrogens with zero attached hydrogens (tertiary/aromatic N) is 4. The summed E-state index contributed by atoms with van der Waals surface area (Å²) in [7, 11) is 2.16. The Morgan fingerprint density at radius 1 is 1.00 bits per heavy atom. The van der Waals surface area contributed by atoms with Crippen LogP contribution in [-0.2, 0) is 9.59 Å². The Labute approximate surface area is 155 Å². The largest absolute Gasteiger partial charge is 0.385 e. The number of hydrogen-bond acceptors (Lipinski definition) is 5. The normalized spacial score (nSPS) is 18.7. The summed E-state index contributed by atoms with van der Waals surface area (Å²) < 4.78 is 0. The summed E-state index contributed by atoms with van der Waals surface area (Å²) in [6.45, 7) is 7.50. The first-order valence-corrected chi connectivity index (χ1v) is 9.40. The standard InChI is InChI=1S/C19H29N5O2/c1-21-8-12-23(13-9-21)18-4-2-17(3-5-18)20-7-6-19(26)24-14-10-22(16-25)11-15-24/h2-5,16,20H,6-15H2,1H3. The van der Waals surface area contributed by atoms with Gasteiger partial charge in [-0.05, 0) is 31.3 Å². The van der Waals surface area contributed by atoms with E-state index in [1.807, 2.05) is 4.90 Å². The molecule has 7 heteroatoms. The summed E-state index contributed by atoms with van der Waals surface area (Å²) in [6, 6.07) is 8.46. The first-order valence-electron chi connectivity index (χ1n) is 9.40. The van der Waals surface area contributed by atoms with Crippen LogP contribution in [0.15, 0.2) is 24.3 Å². The van der Waals surface area contributed by atoms with Crippen molar-refractivity contribution in [1.82, 2.24) is 14.7 Å². The van der Waals surface area contributed by atoms with E-state index in [0.29, 0.717) is 39.1 Å². The fourth-order valence-corrected chi connectivity index (χ4v) is 3.40. The van der Waals surface area contributed by atoms with Crippen molar-refractivity contribution in [3.63, 3.8) is 0 Å². The van der Waals surface area contributed by atoms with Crippen molar-refractivity contribution in [2.75, 3.05) is 76.2 Å². The summed E-state index contributed by atoms with van der Waals surface area (Å²) in [4.78, 5) is 31.3. The molecule has 2 fully saturated rings. The number of nitrogens with one attached hydrogen (secondary N) is 1. The molecular formula is C19H29N5O2. The smallest absolute Gasteiger partial charge is 0.224 e. The van der Waals surface area contributed by atoms with Crippen LogP contribution in [0.1, 0.15) is 6.42 Å². The maximum atomic E-state index is 12.2. The van der Waals surface area contributed by atoms with Crippen molar-refractivity contribution in [2.45, 2.75) is 6.42 Å². The van der Waals surface area contributed by atoms with Gasteiger partial charge in [-0.15, -0.1) is 0 Å². The second-order valence-corrected chi connectivity index (χ2v) is 7.04. The lowest BCUT2D eigenvalue weighted by molar-refractivity contribution is -0.134. The molecule has 1 aromatic carbocycles. The maximum Gasteiger partial charge on any atom is 0.224 e. The molecule has 0 unspecified atom stereocenters. The van der Waals surface area contributed by atoms with E-state index in [1.54, 1.807) is 4.90 Å². The van der Waals surface area contributed by atoms with Crippen molar-refractivity contribution in [3.05, 3.63) is 24.3 Å². The number of benzene rings is 1. The molecule has 1 N–H and O–H groups in total. The molecule has 7 nitrogen and oxygen atoms in total. The van der Waals surface area contributed by atoms with Gasteiger partial charge in [0.25, 0.3) is 0 Å². The third kappa shape index (κ3) is 4.88. The van der Waals surface area contributed by atoms with Gasteiger partial charge in [-0.3, -0.25) is 9.59 Å². The van der Waals surface area contributed by atoms with Crippen LogP contribution in [0.5, 0.6) is 0 Å². The van der Waals surface area contributed by atoms with Crippen molar-refractivity contribution in [2.24, 2.45) is 0 Å². The summed E-state index contributed by atoms with van der Waals surface area (Å²) in [6.07, 6.45) is 1.33. The van der Waals surface area contributed by atoms with Gasteiger partial charge in [0.05, 0.1) is 0 Å². The van der Waals surface area contributed by atoms with Gasteiger partial charge in [0.1, 0.15) is 0 Å². The van der Waals surface area contributed by atoms with Gasteiger partial charge in [-0.2, -0.15) is 0 Å². The van der Waals surface area contributed by atoms with E-state index in [1.165, 1.54) is 5.69 Å². The number of carbonyl (C=O) groups excluding carboxylic acids is 2. The van der Waals surface area contributed by atoms with Crippen molar-refractivity contribution < 1.29 is 9.59 Å². The van der Waals surface area contributed by atoms with Crippen LogP contribution >= 0.6 is 0 Å². The Hall–Kier alpha value is -2.28. The van der Waals surface area contributed by atoms with Crippen molar-refractivity contribution >= 4 is 23.7 Å². The average Bonchev–Trinajstić information content (AvgIpc) is 2.69. The minimum absolute atomic E-state index is 0.150. The first-order chi connectivity index (χ1) is 12.7. The molecule has 0 bridgehead atoms. The topological polar surface area (TPSA) is 59.1 Å². The van der Waals surface area contributed by atoms with Gasteiger partial charge in [-0.25, -0.2) is 0 Å². The number of piperazine rings is 2. The highest BCUT2D eigenvalue weighted by atomic mass is 16.2. The highest BCUT2D eigenvalue weighted by Gasteiger charge is 2.19. The Kier molecular flexibility index (Phi) is 6.33. The van der Waals surface area contributed by atoms with Crippen LogP contribution in [0, 0.1) is 0 Å². The van der Waals surface area contributed by atoms with E-state index >= 15 is 0 Å². The molecule has 142 valence electrons. The summed E-state index contributed by atoms with van der Waals surface area (Å²) in [5.41, 5.74) is 2.30. The molecule has 0 saturated carbocycles. The Morgan fingerprint density at radius 3 is 2.27 bits per heavy atom. The van der Waals surface area contributed by atoms with Gasteiger partial charge in [0.15, 0.2) is 0 Å². The monoisotopic (exact) mass is 359 g/mol.